The Kier molecular flexibility index (Phi) is 5.36. The van der Waals surface area contributed by atoms with E-state index in [9.17, 15) is 18.7 Å². The average molecular weight is 413 g/mol. The molecule has 0 radical (unpaired) electrons. The Morgan fingerprint density at radius 2 is 2.00 bits per heavy atom. The first-order valence-corrected chi connectivity index (χ1v) is 10.5. The third-order valence-electron chi connectivity index (χ3n) is 4.73. The zero-order chi connectivity index (χ0) is 19.9. The van der Waals surface area contributed by atoms with Crippen molar-refractivity contribution < 1.29 is 13.9 Å². The number of rotatable bonds is 6. The lowest BCUT2D eigenvalue weighted by molar-refractivity contribution is 0.276. The third-order valence-corrected chi connectivity index (χ3v) is 6.95. The van der Waals surface area contributed by atoms with Crippen molar-refractivity contribution in [2.45, 2.75) is 25.5 Å². The van der Waals surface area contributed by atoms with Gasteiger partial charge in [0.25, 0.3) is 5.56 Å². The van der Waals surface area contributed by atoms with E-state index in [-0.39, 0.29) is 18.1 Å². The van der Waals surface area contributed by atoms with Crippen molar-refractivity contribution in [2.24, 2.45) is 13.0 Å². The summed E-state index contributed by atoms with van der Waals surface area (Å²) in [5.41, 5.74) is 2.10. The topological polar surface area (TPSA) is 104 Å². The van der Waals surface area contributed by atoms with Crippen LogP contribution < -0.4 is 15.6 Å². The van der Waals surface area contributed by atoms with Crippen LogP contribution in [0.1, 0.15) is 17.5 Å². The van der Waals surface area contributed by atoms with E-state index in [4.69, 9.17) is 11.6 Å². The van der Waals surface area contributed by atoms with E-state index in [1.807, 2.05) is 13.0 Å². The number of hydrogen-bond donors (Lipinski definition) is 4. The number of hydrogen-bond acceptors (Lipinski definition) is 4. The molecule has 1 aliphatic rings. The molecule has 7 nitrogen and oxygen atoms in total. The first-order chi connectivity index (χ1) is 12.6. The molecule has 2 aromatic rings. The van der Waals surface area contributed by atoms with Gasteiger partial charge in [-0.3, -0.25) is 9.36 Å². The average Bonchev–Trinajstić information content (AvgIpc) is 3.39. The van der Waals surface area contributed by atoms with Crippen molar-refractivity contribution >= 4 is 39.2 Å². The molecule has 1 heterocycles. The van der Waals surface area contributed by atoms with Crippen LogP contribution in [-0.4, -0.2) is 26.1 Å². The number of nitrogens with one attached hydrogen (secondary N) is 2. The van der Waals surface area contributed by atoms with Crippen LogP contribution in [0, 0.1) is 19.8 Å². The maximum atomic E-state index is 12.7. The minimum atomic E-state index is -3.43. The Morgan fingerprint density at radius 1 is 1.30 bits per heavy atom. The van der Waals surface area contributed by atoms with Gasteiger partial charge in [-0.25, -0.2) is 0 Å². The van der Waals surface area contributed by atoms with Crippen LogP contribution in [-0.2, 0) is 21.7 Å². The van der Waals surface area contributed by atoms with Gasteiger partial charge in [0.1, 0.15) is 11.5 Å². The fraction of sp³-hybridized carbons (Fsp3) is 0.389. The second kappa shape index (κ2) is 7.27. The largest absolute Gasteiger partial charge is 0.396 e. The standard InChI is InChI=1S/C18H22ClN3O4S/c1-10-4-5-14(13(19)6-10)20-17-15(7-11(2)18(24)22(17)3)21-27(25,26)16-8-12(16)9-23/h4-7,12,16,23H,8-9H2,1-3H3,(H2-,20,21,24,25,26)/p+1. The molecule has 1 aromatic carbocycles. The number of pyridine rings is 1. The number of anilines is 3. The molecule has 3 unspecified atom stereocenters. The first-order valence-electron chi connectivity index (χ1n) is 8.52. The van der Waals surface area contributed by atoms with Gasteiger partial charge in [-0.15, -0.1) is 0 Å². The van der Waals surface area contributed by atoms with Gasteiger partial charge in [-0.05, 0) is 41.8 Å². The van der Waals surface area contributed by atoms with Crippen LogP contribution in [0.5, 0.6) is 0 Å². The molecule has 1 aromatic heterocycles. The van der Waals surface area contributed by atoms with Crippen LogP contribution in [0.3, 0.4) is 0 Å². The molecule has 1 saturated carbocycles. The SMILES string of the molecule is Cc1ccc(Nc2c(N[S+](=O)(O)C3CC3CO)cc(C)c(=O)n2C)c(Cl)c1. The lowest BCUT2D eigenvalue weighted by Gasteiger charge is -2.18. The highest BCUT2D eigenvalue weighted by Gasteiger charge is 2.56. The normalized spacial score (nSPS) is 20.8. The molecule has 1 fully saturated rings. The van der Waals surface area contributed by atoms with Gasteiger partial charge in [0.05, 0.1) is 17.3 Å². The summed E-state index contributed by atoms with van der Waals surface area (Å²) < 4.78 is 27.2. The van der Waals surface area contributed by atoms with E-state index >= 15 is 0 Å². The van der Waals surface area contributed by atoms with Gasteiger partial charge in [-0.2, -0.15) is 9.27 Å². The monoisotopic (exact) mass is 412 g/mol. The molecule has 4 N–H and O–H groups in total. The van der Waals surface area contributed by atoms with Gasteiger partial charge in [0, 0.05) is 24.9 Å². The minimum absolute atomic E-state index is 0.125. The van der Waals surface area contributed by atoms with Gasteiger partial charge >= 0.3 is 10.4 Å². The zero-order valence-electron chi connectivity index (χ0n) is 15.3. The molecule has 0 bridgehead atoms. The Morgan fingerprint density at radius 3 is 2.59 bits per heavy atom. The van der Waals surface area contributed by atoms with Crippen molar-refractivity contribution in [1.29, 1.82) is 0 Å². The molecule has 27 heavy (non-hydrogen) atoms. The summed E-state index contributed by atoms with van der Waals surface area (Å²) in [6.45, 7) is 3.43. The quantitative estimate of drug-likeness (QED) is 0.546. The highest BCUT2D eigenvalue weighted by atomic mass is 35.5. The molecule has 9 heteroatoms. The van der Waals surface area contributed by atoms with Gasteiger partial charge in [0.15, 0.2) is 5.25 Å². The highest BCUT2D eigenvalue weighted by Crippen LogP contribution is 2.41. The summed E-state index contributed by atoms with van der Waals surface area (Å²) in [5, 5.41) is 12.2. The molecule has 0 amide bonds. The fourth-order valence-electron chi connectivity index (χ4n) is 3.01. The van der Waals surface area contributed by atoms with Gasteiger partial charge in [0.2, 0.25) is 0 Å². The summed E-state index contributed by atoms with van der Waals surface area (Å²) >= 11 is 6.28. The number of nitrogens with zero attached hydrogens (tertiary/aromatic N) is 1. The molecular weight excluding hydrogens is 390 g/mol. The van der Waals surface area contributed by atoms with Crippen molar-refractivity contribution in [3.05, 3.63) is 50.8 Å². The summed E-state index contributed by atoms with van der Waals surface area (Å²) in [7, 11) is -1.85. The van der Waals surface area contributed by atoms with Crippen LogP contribution in [0.4, 0.5) is 17.2 Å². The van der Waals surface area contributed by atoms with Crippen LogP contribution in [0.2, 0.25) is 5.02 Å². The Bertz CT molecular complexity index is 991. The van der Waals surface area contributed by atoms with E-state index in [1.165, 1.54) is 4.57 Å². The number of aliphatic hydroxyl groups is 1. The third kappa shape index (κ3) is 4.03. The van der Waals surface area contributed by atoms with Crippen molar-refractivity contribution in [3.63, 3.8) is 0 Å². The Hall–Kier alpha value is -1.87. The summed E-state index contributed by atoms with van der Waals surface area (Å²) in [5.74, 6) is 0.144. The van der Waals surface area contributed by atoms with Gasteiger partial charge in [-0.1, -0.05) is 17.7 Å². The van der Waals surface area contributed by atoms with Crippen molar-refractivity contribution in [3.8, 4) is 0 Å². The summed E-state index contributed by atoms with van der Waals surface area (Å²) in [4.78, 5) is 12.4. The number of aliphatic hydroxyl groups excluding tert-OH is 1. The van der Waals surface area contributed by atoms with E-state index in [0.717, 1.165) is 5.56 Å². The predicted molar refractivity (Wildman–Crippen MR) is 109 cm³/mol. The molecule has 0 saturated heterocycles. The lowest BCUT2D eigenvalue weighted by atomic mass is 10.2. The number of aromatic nitrogens is 1. The van der Waals surface area contributed by atoms with Gasteiger partial charge < -0.3 is 10.4 Å². The fourth-order valence-corrected chi connectivity index (χ4v) is 5.03. The lowest BCUT2D eigenvalue weighted by Crippen LogP contribution is -2.30. The predicted octanol–water partition coefficient (Wildman–Crippen LogP) is 3.08. The van der Waals surface area contributed by atoms with E-state index in [1.54, 1.807) is 32.2 Å². The Labute approximate surface area is 163 Å². The highest BCUT2D eigenvalue weighted by molar-refractivity contribution is 7.99. The number of aryl methyl sites for hydroxylation is 2. The Balaban J connectivity index is 2.01. The smallest absolute Gasteiger partial charge is 0.314 e. The first kappa shape index (κ1) is 19.9. The molecule has 0 spiro atoms. The second-order valence-corrected chi connectivity index (χ2v) is 9.30. The summed E-state index contributed by atoms with van der Waals surface area (Å²) in [6, 6.07) is 6.98. The van der Waals surface area contributed by atoms with Crippen LogP contribution in [0.25, 0.3) is 0 Å². The van der Waals surface area contributed by atoms with Crippen LogP contribution >= 0.6 is 11.6 Å². The maximum Gasteiger partial charge on any atom is 0.314 e. The maximum absolute atomic E-state index is 12.7. The van der Waals surface area contributed by atoms with E-state index < -0.39 is 15.6 Å². The minimum Gasteiger partial charge on any atom is -0.396 e. The molecule has 3 rings (SSSR count). The summed E-state index contributed by atoms with van der Waals surface area (Å²) in [6.07, 6.45) is 0.482. The zero-order valence-corrected chi connectivity index (χ0v) is 16.9. The molecule has 3 atom stereocenters. The molecular formula is C18H23ClN3O4S+. The van der Waals surface area contributed by atoms with Crippen molar-refractivity contribution in [2.75, 3.05) is 16.6 Å². The van der Waals surface area contributed by atoms with Crippen molar-refractivity contribution in [1.82, 2.24) is 4.57 Å². The molecule has 146 valence electrons. The van der Waals surface area contributed by atoms with E-state index in [0.29, 0.717) is 34.2 Å². The second-order valence-electron chi connectivity index (χ2n) is 6.95. The van der Waals surface area contributed by atoms with E-state index in [2.05, 4.69) is 10.0 Å². The molecule has 0 aliphatic heterocycles. The molecule has 1 aliphatic carbocycles. The van der Waals surface area contributed by atoms with Crippen LogP contribution in [0.15, 0.2) is 29.1 Å². The number of halogens is 1. The number of benzene rings is 1.